The second kappa shape index (κ2) is 8.63. The number of morpholine rings is 1. The third-order valence-corrected chi connectivity index (χ3v) is 6.78. The van der Waals surface area contributed by atoms with Gasteiger partial charge < -0.3 is 10.1 Å². The number of fused-ring (bicyclic) bond motifs is 1. The highest BCUT2D eigenvalue weighted by Crippen LogP contribution is 2.24. The number of para-hydroxylation sites is 1. The molecule has 1 saturated heterocycles. The van der Waals surface area contributed by atoms with Gasteiger partial charge in [-0.05, 0) is 38.1 Å². The van der Waals surface area contributed by atoms with Gasteiger partial charge in [0.2, 0.25) is 10.0 Å². The van der Waals surface area contributed by atoms with E-state index in [-0.39, 0.29) is 24.5 Å². The summed E-state index contributed by atoms with van der Waals surface area (Å²) in [6.07, 6.45) is 3.17. The molecule has 1 aromatic carbocycles. The number of anilines is 1. The third-order valence-electron chi connectivity index (χ3n) is 4.97. The highest BCUT2D eigenvalue weighted by molar-refractivity contribution is 7.89. The number of nitrogens with zero attached hydrogens (tertiary/aromatic N) is 4. The van der Waals surface area contributed by atoms with Crippen molar-refractivity contribution in [2.24, 2.45) is 0 Å². The molecule has 0 amide bonds. The zero-order chi connectivity index (χ0) is 21.1. The monoisotopic (exact) mass is 427 g/mol. The summed E-state index contributed by atoms with van der Waals surface area (Å²) in [4.78, 5) is 13.3. The fourth-order valence-corrected chi connectivity index (χ4v) is 5.12. The Balaban J connectivity index is 1.54. The Morgan fingerprint density at radius 2 is 1.77 bits per heavy atom. The van der Waals surface area contributed by atoms with Gasteiger partial charge in [0.25, 0.3) is 0 Å². The molecule has 0 saturated carbocycles. The molecule has 4 rings (SSSR count). The topological polar surface area (TPSA) is 97.3 Å². The van der Waals surface area contributed by atoms with Crippen molar-refractivity contribution in [3.05, 3.63) is 48.8 Å². The highest BCUT2D eigenvalue weighted by Gasteiger charge is 2.30. The van der Waals surface area contributed by atoms with Gasteiger partial charge in [0.15, 0.2) is 5.82 Å². The van der Waals surface area contributed by atoms with E-state index < -0.39 is 10.0 Å². The van der Waals surface area contributed by atoms with Crippen molar-refractivity contribution in [3.63, 3.8) is 0 Å². The number of sulfonamides is 1. The van der Waals surface area contributed by atoms with E-state index in [4.69, 9.17) is 4.74 Å². The van der Waals surface area contributed by atoms with E-state index in [1.54, 1.807) is 12.4 Å². The predicted molar refractivity (Wildman–Crippen MR) is 117 cm³/mol. The van der Waals surface area contributed by atoms with Crippen molar-refractivity contribution in [2.45, 2.75) is 26.1 Å². The van der Waals surface area contributed by atoms with E-state index in [2.05, 4.69) is 20.3 Å². The lowest BCUT2D eigenvalue weighted by atomic mass is 10.2. The molecule has 9 heteroatoms. The van der Waals surface area contributed by atoms with Crippen LogP contribution in [-0.2, 0) is 14.8 Å². The van der Waals surface area contributed by atoms with Crippen molar-refractivity contribution in [2.75, 3.05) is 30.7 Å². The van der Waals surface area contributed by atoms with Crippen LogP contribution in [0.2, 0.25) is 0 Å². The van der Waals surface area contributed by atoms with E-state index in [9.17, 15) is 8.42 Å². The van der Waals surface area contributed by atoms with E-state index in [1.165, 1.54) is 4.31 Å². The van der Waals surface area contributed by atoms with E-state index in [1.807, 2.05) is 50.2 Å². The lowest BCUT2D eigenvalue weighted by Crippen LogP contribution is -2.49. The lowest BCUT2D eigenvalue weighted by molar-refractivity contribution is -0.0440. The normalized spacial score (nSPS) is 20.3. The van der Waals surface area contributed by atoms with Crippen LogP contribution in [0.3, 0.4) is 0 Å². The Kier molecular flexibility index (Phi) is 5.94. The number of ether oxygens (including phenoxy) is 1. The molecule has 0 spiro atoms. The molecule has 8 nitrogen and oxygen atoms in total. The Morgan fingerprint density at radius 1 is 1.07 bits per heavy atom. The van der Waals surface area contributed by atoms with Crippen molar-refractivity contribution < 1.29 is 13.2 Å². The molecule has 0 unspecified atom stereocenters. The molecular weight excluding hydrogens is 402 g/mol. The summed E-state index contributed by atoms with van der Waals surface area (Å²) in [5, 5.41) is 4.06. The molecule has 158 valence electrons. The zero-order valence-corrected chi connectivity index (χ0v) is 17.8. The van der Waals surface area contributed by atoms with Crippen LogP contribution in [0.5, 0.6) is 0 Å². The molecule has 30 heavy (non-hydrogen) atoms. The third kappa shape index (κ3) is 4.58. The number of hydrogen-bond acceptors (Lipinski definition) is 7. The summed E-state index contributed by atoms with van der Waals surface area (Å²) in [6, 6.07) is 11.4. The largest absolute Gasteiger partial charge is 0.373 e. The molecule has 3 aromatic rings. The number of rotatable bonds is 6. The van der Waals surface area contributed by atoms with Crippen LogP contribution in [-0.4, -0.2) is 65.3 Å². The van der Waals surface area contributed by atoms with Crippen LogP contribution < -0.4 is 5.32 Å². The fourth-order valence-electron chi connectivity index (χ4n) is 3.63. The molecule has 1 fully saturated rings. The summed E-state index contributed by atoms with van der Waals surface area (Å²) in [6.45, 7) is 4.80. The first-order chi connectivity index (χ1) is 14.4. The van der Waals surface area contributed by atoms with Crippen LogP contribution >= 0.6 is 0 Å². The zero-order valence-electron chi connectivity index (χ0n) is 17.0. The molecule has 3 heterocycles. The molecule has 1 aliphatic heterocycles. The SMILES string of the molecule is C[C@@H]1CN(S(=O)(=O)CCNc2nc(-c3ccncc3)nc3ccccc23)C[C@H](C)O1. The Hall–Kier alpha value is -2.62. The Morgan fingerprint density at radius 3 is 2.50 bits per heavy atom. The van der Waals surface area contributed by atoms with Gasteiger partial charge in [0.05, 0.1) is 23.5 Å². The number of benzene rings is 1. The maximum absolute atomic E-state index is 12.8. The molecule has 2 aromatic heterocycles. The van der Waals surface area contributed by atoms with Crippen LogP contribution in [0.1, 0.15) is 13.8 Å². The molecule has 0 bridgehead atoms. The van der Waals surface area contributed by atoms with Crippen LogP contribution in [0.25, 0.3) is 22.3 Å². The smallest absolute Gasteiger partial charge is 0.216 e. The highest BCUT2D eigenvalue weighted by atomic mass is 32.2. The van der Waals surface area contributed by atoms with Crippen molar-refractivity contribution in [3.8, 4) is 11.4 Å². The molecular formula is C21H25N5O3S. The summed E-state index contributed by atoms with van der Waals surface area (Å²) >= 11 is 0. The summed E-state index contributed by atoms with van der Waals surface area (Å²) in [7, 11) is -3.40. The van der Waals surface area contributed by atoms with E-state index >= 15 is 0 Å². The average molecular weight is 428 g/mol. The predicted octanol–water partition coefficient (Wildman–Crippen LogP) is 2.54. The van der Waals surface area contributed by atoms with Gasteiger partial charge >= 0.3 is 0 Å². The fraction of sp³-hybridized carbons (Fsp3) is 0.381. The van der Waals surface area contributed by atoms with Gasteiger partial charge in [-0.2, -0.15) is 4.31 Å². The minimum absolute atomic E-state index is 0.0185. The number of hydrogen-bond donors (Lipinski definition) is 1. The van der Waals surface area contributed by atoms with Crippen LogP contribution in [0, 0.1) is 0 Å². The molecule has 0 radical (unpaired) electrons. The average Bonchev–Trinajstić information content (AvgIpc) is 2.73. The molecule has 2 atom stereocenters. The number of aromatic nitrogens is 3. The summed E-state index contributed by atoms with van der Waals surface area (Å²) < 4.78 is 32.8. The maximum atomic E-state index is 12.8. The van der Waals surface area contributed by atoms with Gasteiger partial charge in [-0.15, -0.1) is 0 Å². The standard InChI is InChI=1S/C21H25N5O3S/c1-15-13-26(14-16(2)29-15)30(27,28)12-11-23-21-18-5-3-4-6-19(18)24-20(25-21)17-7-9-22-10-8-17/h3-10,15-16H,11-14H2,1-2H3,(H,23,24,25)/t15-,16+. The van der Waals surface area contributed by atoms with Gasteiger partial charge in [0, 0.05) is 43.0 Å². The molecule has 1 N–H and O–H groups in total. The summed E-state index contributed by atoms with van der Waals surface area (Å²) in [5.74, 6) is 1.17. The van der Waals surface area contributed by atoms with E-state index in [0.29, 0.717) is 24.7 Å². The minimum atomic E-state index is -3.40. The minimum Gasteiger partial charge on any atom is -0.373 e. The molecule has 1 aliphatic rings. The summed E-state index contributed by atoms with van der Waals surface area (Å²) in [5.41, 5.74) is 1.64. The van der Waals surface area contributed by atoms with Crippen molar-refractivity contribution >= 4 is 26.7 Å². The van der Waals surface area contributed by atoms with E-state index in [0.717, 1.165) is 16.5 Å². The Bertz CT molecular complexity index is 1110. The van der Waals surface area contributed by atoms with Gasteiger partial charge in [0.1, 0.15) is 5.82 Å². The first-order valence-corrected chi connectivity index (χ1v) is 11.6. The van der Waals surface area contributed by atoms with Gasteiger partial charge in [-0.25, -0.2) is 18.4 Å². The first-order valence-electron chi connectivity index (χ1n) is 9.97. The van der Waals surface area contributed by atoms with Crippen molar-refractivity contribution in [1.29, 1.82) is 0 Å². The van der Waals surface area contributed by atoms with Gasteiger partial charge in [-0.1, -0.05) is 12.1 Å². The molecule has 0 aliphatic carbocycles. The first kappa shape index (κ1) is 20.6. The lowest BCUT2D eigenvalue weighted by Gasteiger charge is -2.34. The maximum Gasteiger partial charge on any atom is 0.216 e. The van der Waals surface area contributed by atoms with Crippen LogP contribution in [0.4, 0.5) is 5.82 Å². The second-order valence-corrected chi connectivity index (χ2v) is 9.55. The van der Waals surface area contributed by atoms with Gasteiger partial charge in [-0.3, -0.25) is 4.98 Å². The second-order valence-electron chi connectivity index (χ2n) is 7.47. The number of pyridine rings is 1. The number of nitrogens with one attached hydrogen (secondary N) is 1. The van der Waals surface area contributed by atoms with Crippen LogP contribution in [0.15, 0.2) is 48.8 Å². The Labute approximate surface area is 176 Å². The quantitative estimate of drug-likeness (QED) is 0.646. The van der Waals surface area contributed by atoms with Crippen molar-refractivity contribution in [1.82, 2.24) is 19.3 Å².